The smallest absolute Gasteiger partial charge is 0.158 e. The van der Waals surface area contributed by atoms with Crippen LogP contribution in [-0.4, -0.2) is 38.0 Å². The standard InChI is InChI=1S/C17H27NO4/c18-10-6-3-1-2-4-8-15-14(12-19)16(13-21-15)22-17-9-5-7-11-20-17/h12,14-17H,1-9,11,13H2. The van der Waals surface area contributed by atoms with Crippen molar-refractivity contribution in [2.45, 2.75) is 76.3 Å². The topological polar surface area (TPSA) is 68.6 Å². The largest absolute Gasteiger partial charge is 0.375 e. The van der Waals surface area contributed by atoms with Crippen molar-refractivity contribution in [2.24, 2.45) is 5.92 Å². The normalized spacial score (nSPS) is 31.8. The van der Waals surface area contributed by atoms with Crippen LogP contribution >= 0.6 is 0 Å². The zero-order chi connectivity index (χ0) is 15.6. The third kappa shape index (κ3) is 5.35. The summed E-state index contributed by atoms with van der Waals surface area (Å²) in [6.45, 7) is 1.23. The van der Waals surface area contributed by atoms with Gasteiger partial charge in [-0.25, -0.2) is 0 Å². The van der Waals surface area contributed by atoms with Crippen LogP contribution in [0.2, 0.25) is 0 Å². The van der Waals surface area contributed by atoms with Crippen LogP contribution in [0.15, 0.2) is 0 Å². The van der Waals surface area contributed by atoms with Crippen LogP contribution in [0, 0.1) is 17.2 Å². The molecule has 0 amide bonds. The second-order valence-electron chi connectivity index (χ2n) is 6.17. The molecule has 0 N–H and O–H groups in total. The van der Waals surface area contributed by atoms with Crippen molar-refractivity contribution in [3.05, 3.63) is 0 Å². The van der Waals surface area contributed by atoms with Crippen molar-refractivity contribution in [2.75, 3.05) is 13.2 Å². The molecule has 5 nitrogen and oxygen atoms in total. The number of ether oxygens (including phenoxy) is 3. The molecule has 0 radical (unpaired) electrons. The zero-order valence-corrected chi connectivity index (χ0v) is 13.2. The number of hydrogen-bond donors (Lipinski definition) is 0. The molecular weight excluding hydrogens is 282 g/mol. The predicted molar refractivity (Wildman–Crippen MR) is 81.1 cm³/mol. The van der Waals surface area contributed by atoms with E-state index in [0.29, 0.717) is 13.0 Å². The summed E-state index contributed by atoms with van der Waals surface area (Å²) in [7, 11) is 0. The first-order valence-electron chi connectivity index (χ1n) is 8.56. The molecule has 0 saturated carbocycles. The van der Waals surface area contributed by atoms with Gasteiger partial charge >= 0.3 is 0 Å². The second kappa shape index (κ2) is 9.94. The molecule has 4 unspecified atom stereocenters. The molecule has 0 aromatic heterocycles. The number of unbranched alkanes of at least 4 members (excludes halogenated alkanes) is 4. The van der Waals surface area contributed by atoms with Gasteiger partial charge in [-0.05, 0) is 32.1 Å². The number of carbonyl (C=O) groups excluding carboxylic acids is 1. The number of hydrogen-bond acceptors (Lipinski definition) is 5. The van der Waals surface area contributed by atoms with Crippen LogP contribution in [-0.2, 0) is 19.0 Å². The van der Waals surface area contributed by atoms with Crippen molar-refractivity contribution >= 4 is 6.29 Å². The molecule has 2 fully saturated rings. The maximum Gasteiger partial charge on any atom is 0.158 e. The fourth-order valence-electron chi connectivity index (χ4n) is 3.18. The van der Waals surface area contributed by atoms with E-state index in [1.165, 1.54) is 0 Å². The van der Waals surface area contributed by atoms with Crippen LogP contribution in [0.25, 0.3) is 0 Å². The summed E-state index contributed by atoms with van der Waals surface area (Å²) in [6, 6.07) is 2.16. The molecule has 22 heavy (non-hydrogen) atoms. The molecular formula is C17H27NO4. The molecule has 0 spiro atoms. The van der Waals surface area contributed by atoms with Gasteiger partial charge in [-0.3, -0.25) is 0 Å². The van der Waals surface area contributed by atoms with Gasteiger partial charge in [0.1, 0.15) is 6.29 Å². The van der Waals surface area contributed by atoms with Crippen molar-refractivity contribution in [3.63, 3.8) is 0 Å². The van der Waals surface area contributed by atoms with E-state index in [2.05, 4.69) is 6.07 Å². The van der Waals surface area contributed by atoms with Gasteiger partial charge in [0.25, 0.3) is 0 Å². The highest BCUT2D eigenvalue weighted by Gasteiger charge is 2.39. The Bertz CT molecular complexity index is 362. The fraction of sp³-hybridized carbons (Fsp3) is 0.882. The van der Waals surface area contributed by atoms with Gasteiger partial charge in [0.05, 0.1) is 30.8 Å². The molecule has 2 saturated heterocycles. The Morgan fingerprint density at radius 3 is 2.77 bits per heavy atom. The van der Waals surface area contributed by atoms with E-state index in [9.17, 15) is 4.79 Å². The Morgan fingerprint density at radius 2 is 2.05 bits per heavy atom. The molecule has 2 rings (SSSR count). The van der Waals surface area contributed by atoms with Crippen LogP contribution < -0.4 is 0 Å². The fourth-order valence-corrected chi connectivity index (χ4v) is 3.18. The highest BCUT2D eigenvalue weighted by Crippen LogP contribution is 2.29. The molecule has 5 heteroatoms. The zero-order valence-electron chi connectivity index (χ0n) is 13.2. The molecule has 2 aliphatic rings. The minimum Gasteiger partial charge on any atom is -0.375 e. The van der Waals surface area contributed by atoms with Gasteiger partial charge in [0.15, 0.2) is 6.29 Å². The minimum absolute atomic E-state index is 0.0259. The molecule has 0 aromatic carbocycles. The quantitative estimate of drug-likeness (QED) is 0.484. The van der Waals surface area contributed by atoms with E-state index in [-0.39, 0.29) is 24.4 Å². The SMILES string of the molecule is N#CCCCCCCC1OCC(OC2CCCCO2)C1C=O. The van der Waals surface area contributed by atoms with Crippen molar-refractivity contribution in [1.29, 1.82) is 5.26 Å². The Morgan fingerprint density at radius 1 is 1.18 bits per heavy atom. The summed E-state index contributed by atoms with van der Waals surface area (Å²) in [4.78, 5) is 11.4. The highest BCUT2D eigenvalue weighted by atomic mass is 16.7. The number of carbonyl (C=O) groups is 1. The number of nitriles is 1. The third-order valence-electron chi connectivity index (χ3n) is 4.48. The van der Waals surface area contributed by atoms with E-state index in [0.717, 1.165) is 64.3 Å². The monoisotopic (exact) mass is 309 g/mol. The average molecular weight is 309 g/mol. The third-order valence-corrected chi connectivity index (χ3v) is 4.48. The van der Waals surface area contributed by atoms with Gasteiger partial charge in [-0.15, -0.1) is 0 Å². The van der Waals surface area contributed by atoms with E-state index in [1.54, 1.807) is 0 Å². The van der Waals surface area contributed by atoms with E-state index in [4.69, 9.17) is 19.5 Å². The summed E-state index contributed by atoms with van der Waals surface area (Å²) in [6.07, 6.45) is 9.43. The maximum atomic E-state index is 11.4. The number of rotatable bonds is 9. The second-order valence-corrected chi connectivity index (χ2v) is 6.17. The lowest BCUT2D eigenvalue weighted by molar-refractivity contribution is -0.192. The summed E-state index contributed by atoms with van der Waals surface area (Å²) >= 11 is 0. The molecule has 2 heterocycles. The number of nitrogens with zero attached hydrogens (tertiary/aromatic N) is 1. The number of aldehydes is 1. The van der Waals surface area contributed by atoms with Crippen LogP contribution in [0.3, 0.4) is 0 Å². The summed E-state index contributed by atoms with van der Waals surface area (Å²) in [5.41, 5.74) is 0. The van der Waals surface area contributed by atoms with Gasteiger partial charge in [-0.2, -0.15) is 5.26 Å². The Kier molecular flexibility index (Phi) is 7.86. The van der Waals surface area contributed by atoms with Gasteiger partial charge < -0.3 is 19.0 Å². The first kappa shape index (κ1) is 17.4. The lowest BCUT2D eigenvalue weighted by atomic mass is 9.96. The summed E-state index contributed by atoms with van der Waals surface area (Å²) < 4.78 is 17.3. The Hall–Kier alpha value is -0.960. The first-order valence-corrected chi connectivity index (χ1v) is 8.56. The maximum absolute atomic E-state index is 11.4. The summed E-state index contributed by atoms with van der Waals surface area (Å²) in [5.74, 6) is -0.176. The lowest BCUT2D eigenvalue weighted by Gasteiger charge is -2.27. The van der Waals surface area contributed by atoms with E-state index in [1.807, 2.05) is 0 Å². The predicted octanol–water partition coefficient (Wildman–Crippen LogP) is 2.98. The molecule has 2 aliphatic heterocycles. The van der Waals surface area contributed by atoms with Gasteiger partial charge in [0.2, 0.25) is 0 Å². The molecule has 0 aliphatic carbocycles. The molecule has 4 atom stereocenters. The van der Waals surface area contributed by atoms with Gasteiger partial charge in [0, 0.05) is 13.0 Å². The minimum atomic E-state index is -0.176. The van der Waals surface area contributed by atoms with Gasteiger partial charge in [-0.1, -0.05) is 19.3 Å². The van der Waals surface area contributed by atoms with Crippen LogP contribution in [0.4, 0.5) is 0 Å². The lowest BCUT2D eigenvalue weighted by Crippen LogP contribution is -2.34. The molecule has 0 aromatic rings. The first-order chi connectivity index (χ1) is 10.8. The summed E-state index contributed by atoms with van der Waals surface area (Å²) in [5, 5.41) is 8.49. The van der Waals surface area contributed by atoms with Crippen LogP contribution in [0.5, 0.6) is 0 Å². The Balaban J connectivity index is 1.67. The van der Waals surface area contributed by atoms with Crippen LogP contribution in [0.1, 0.15) is 57.8 Å². The Labute approximate surface area is 132 Å². The van der Waals surface area contributed by atoms with Crippen molar-refractivity contribution < 1.29 is 19.0 Å². The van der Waals surface area contributed by atoms with E-state index < -0.39 is 0 Å². The highest BCUT2D eigenvalue weighted by molar-refractivity contribution is 5.56. The average Bonchev–Trinajstić information content (AvgIpc) is 2.93. The molecule has 124 valence electrons. The van der Waals surface area contributed by atoms with E-state index >= 15 is 0 Å². The van der Waals surface area contributed by atoms with Crippen molar-refractivity contribution in [1.82, 2.24) is 0 Å². The molecule has 0 bridgehead atoms. The van der Waals surface area contributed by atoms with Crippen molar-refractivity contribution in [3.8, 4) is 6.07 Å².